The standard InChI is InChI=1S/C9H14N4OS/c1-2-7(9(14)13-11)15-8-3-4-12-5-6(8)10/h3-5,7H,2,10-11H2,1H3,(H,13,14). The van der Waals surface area contributed by atoms with Crippen molar-refractivity contribution in [3.8, 4) is 0 Å². The molecule has 1 aromatic rings. The van der Waals surface area contributed by atoms with Gasteiger partial charge in [0.2, 0.25) is 5.91 Å². The maximum atomic E-state index is 11.3. The number of hydrogen-bond donors (Lipinski definition) is 3. The minimum atomic E-state index is -0.223. The predicted octanol–water partition coefficient (Wildman–Crippen LogP) is 0.524. The Hall–Kier alpha value is -1.27. The van der Waals surface area contributed by atoms with Crippen molar-refractivity contribution in [3.05, 3.63) is 18.5 Å². The average molecular weight is 226 g/mol. The molecule has 1 heterocycles. The number of rotatable bonds is 4. The van der Waals surface area contributed by atoms with Gasteiger partial charge in [-0.3, -0.25) is 15.2 Å². The van der Waals surface area contributed by atoms with Gasteiger partial charge in [0.15, 0.2) is 0 Å². The first-order chi connectivity index (χ1) is 7.19. The zero-order valence-corrected chi connectivity index (χ0v) is 9.25. The van der Waals surface area contributed by atoms with Crippen LogP contribution in [-0.2, 0) is 4.79 Å². The molecule has 6 heteroatoms. The minimum Gasteiger partial charge on any atom is -0.397 e. The third-order valence-corrected chi connectivity index (χ3v) is 3.34. The van der Waals surface area contributed by atoms with Gasteiger partial charge in [0.05, 0.1) is 17.1 Å². The van der Waals surface area contributed by atoms with Gasteiger partial charge >= 0.3 is 0 Å². The SMILES string of the molecule is CCC(Sc1ccncc1N)C(=O)NN. The lowest BCUT2D eigenvalue weighted by atomic mass is 10.3. The number of pyridine rings is 1. The monoisotopic (exact) mass is 226 g/mol. The summed E-state index contributed by atoms with van der Waals surface area (Å²) in [5, 5.41) is -0.223. The number of thioether (sulfide) groups is 1. The van der Waals surface area contributed by atoms with E-state index < -0.39 is 0 Å². The highest BCUT2D eigenvalue weighted by Gasteiger charge is 2.17. The Bertz CT molecular complexity index is 345. The molecule has 0 saturated heterocycles. The number of nitrogen functional groups attached to an aromatic ring is 1. The summed E-state index contributed by atoms with van der Waals surface area (Å²) in [6.07, 6.45) is 3.90. The molecule has 5 nitrogen and oxygen atoms in total. The van der Waals surface area contributed by atoms with Gasteiger partial charge in [-0.25, -0.2) is 5.84 Å². The zero-order chi connectivity index (χ0) is 11.3. The van der Waals surface area contributed by atoms with Gasteiger partial charge < -0.3 is 5.73 Å². The van der Waals surface area contributed by atoms with Crippen LogP contribution in [0.15, 0.2) is 23.4 Å². The molecule has 15 heavy (non-hydrogen) atoms. The van der Waals surface area contributed by atoms with Crippen molar-refractivity contribution in [2.24, 2.45) is 5.84 Å². The van der Waals surface area contributed by atoms with E-state index >= 15 is 0 Å². The van der Waals surface area contributed by atoms with Crippen molar-refractivity contribution < 1.29 is 4.79 Å². The van der Waals surface area contributed by atoms with Crippen molar-refractivity contribution in [2.75, 3.05) is 5.73 Å². The van der Waals surface area contributed by atoms with Gasteiger partial charge in [0.25, 0.3) is 0 Å². The Morgan fingerprint density at radius 3 is 3.00 bits per heavy atom. The second kappa shape index (κ2) is 5.57. The smallest absolute Gasteiger partial charge is 0.247 e. The molecule has 0 fully saturated rings. The number of hydrazine groups is 1. The largest absolute Gasteiger partial charge is 0.397 e. The summed E-state index contributed by atoms with van der Waals surface area (Å²) in [6.45, 7) is 1.92. The first-order valence-corrected chi connectivity index (χ1v) is 5.43. The molecule has 0 aliphatic heterocycles. The normalized spacial score (nSPS) is 12.1. The summed E-state index contributed by atoms with van der Waals surface area (Å²) in [7, 11) is 0. The fourth-order valence-corrected chi connectivity index (χ4v) is 2.05. The Morgan fingerprint density at radius 1 is 1.73 bits per heavy atom. The van der Waals surface area contributed by atoms with E-state index in [-0.39, 0.29) is 11.2 Å². The number of nitrogens with two attached hydrogens (primary N) is 2. The molecule has 1 rings (SSSR count). The molecule has 0 radical (unpaired) electrons. The van der Waals surface area contributed by atoms with Crippen LogP contribution < -0.4 is 17.0 Å². The summed E-state index contributed by atoms with van der Waals surface area (Å²) >= 11 is 1.39. The lowest BCUT2D eigenvalue weighted by Crippen LogP contribution is -2.37. The highest BCUT2D eigenvalue weighted by molar-refractivity contribution is 8.00. The van der Waals surface area contributed by atoms with E-state index in [1.54, 1.807) is 18.5 Å². The van der Waals surface area contributed by atoms with E-state index in [0.29, 0.717) is 12.1 Å². The van der Waals surface area contributed by atoms with Crippen LogP contribution in [0.5, 0.6) is 0 Å². The second-order valence-corrected chi connectivity index (χ2v) is 4.18. The molecular formula is C9H14N4OS. The maximum Gasteiger partial charge on any atom is 0.247 e. The molecule has 0 aliphatic rings. The van der Waals surface area contributed by atoms with E-state index in [9.17, 15) is 4.79 Å². The minimum absolute atomic E-state index is 0.196. The molecule has 0 bridgehead atoms. The van der Waals surface area contributed by atoms with Crippen LogP contribution in [0.1, 0.15) is 13.3 Å². The third-order valence-electron chi connectivity index (χ3n) is 1.88. The Morgan fingerprint density at radius 2 is 2.47 bits per heavy atom. The lowest BCUT2D eigenvalue weighted by molar-refractivity contribution is -0.120. The van der Waals surface area contributed by atoms with Crippen LogP contribution in [0.2, 0.25) is 0 Å². The fraction of sp³-hybridized carbons (Fsp3) is 0.333. The molecule has 5 N–H and O–H groups in total. The van der Waals surface area contributed by atoms with Gasteiger partial charge in [0.1, 0.15) is 0 Å². The van der Waals surface area contributed by atoms with Crippen LogP contribution in [-0.4, -0.2) is 16.1 Å². The van der Waals surface area contributed by atoms with Gasteiger partial charge in [-0.15, -0.1) is 11.8 Å². The maximum absolute atomic E-state index is 11.3. The zero-order valence-electron chi connectivity index (χ0n) is 8.43. The van der Waals surface area contributed by atoms with E-state index in [2.05, 4.69) is 10.4 Å². The lowest BCUT2D eigenvalue weighted by Gasteiger charge is -2.13. The van der Waals surface area contributed by atoms with Crippen molar-refractivity contribution >= 4 is 23.4 Å². The van der Waals surface area contributed by atoms with Crippen molar-refractivity contribution in [3.63, 3.8) is 0 Å². The van der Waals surface area contributed by atoms with Crippen LogP contribution in [0.4, 0.5) is 5.69 Å². The van der Waals surface area contributed by atoms with Gasteiger partial charge in [0, 0.05) is 11.1 Å². The highest BCUT2D eigenvalue weighted by atomic mass is 32.2. The molecule has 0 aliphatic carbocycles. The summed E-state index contributed by atoms with van der Waals surface area (Å²) in [5.74, 6) is 4.89. The number of carbonyl (C=O) groups excluding carboxylic acids is 1. The molecule has 1 unspecified atom stereocenters. The Kier molecular flexibility index (Phi) is 4.38. The number of aromatic nitrogens is 1. The summed E-state index contributed by atoms with van der Waals surface area (Å²) in [4.78, 5) is 16.1. The van der Waals surface area contributed by atoms with Crippen LogP contribution in [0, 0.1) is 0 Å². The molecule has 1 atom stereocenters. The summed E-state index contributed by atoms with van der Waals surface area (Å²) in [5.41, 5.74) is 8.43. The average Bonchev–Trinajstić information content (AvgIpc) is 2.27. The first-order valence-electron chi connectivity index (χ1n) is 4.55. The number of hydrogen-bond acceptors (Lipinski definition) is 5. The number of anilines is 1. The number of nitrogens with one attached hydrogen (secondary N) is 1. The predicted molar refractivity (Wildman–Crippen MR) is 60.9 cm³/mol. The summed E-state index contributed by atoms with van der Waals surface area (Å²) < 4.78 is 0. The molecule has 0 saturated carbocycles. The number of nitrogens with zero attached hydrogens (tertiary/aromatic N) is 1. The van der Waals surface area contributed by atoms with E-state index in [4.69, 9.17) is 11.6 Å². The molecule has 0 aromatic carbocycles. The molecule has 1 aromatic heterocycles. The van der Waals surface area contributed by atoms with E-state index in [1.165, 1.54) is 11.8 Å². The Balaban J connectivity index is 2.75. The van der Waals surface area contributed by atoms with E-state index in [1.807, 2.05) is 6.92 Å². The second-order valence-electron chi connectivity index (χ2n) is 2.94. The Labute approximate surface area is 92.6 Å². The quantitative estimate of drug-likeness (QED) is 0.301. The highest BCUT2D eigenvalue weighted by Crippen LogP contribution is 2.29. The van der Waals surface area contributed by atoms with Gasteiger partial charge in [-0.05, 0) is 12.5 Å². The third kappa shape index (κ3) is 3.10. The fourth-order valence-electron chi connectivity index (χ4n) is 1.07. The van der Waals surface area contributed by atoms with Gasteiger partial charge in [-0.1, -0.05) is 6.92 Å². The van der Waals surface area contributed by atoms with Crippen molar-refractivity contribution in [1.82, 2.24) is 10.4 Å². The first kappa shape index (κ1) is 11.8. The van der Waals surface area contributed by atoms with Crippen molar-refractivity contribution in [1.29, 1.82) is 0 Å². The number of amides is 1. The van der Waals surface area contributed by atoms with E-state index in [0.717, 1.165) is 4.90 Å². The molecule has 0 spiro atoms. The molecule has 1 amide bonds. The van der Waals surface area contributed by atoms with Crippen LogP contribution in [0.3, 0.4) is 0 Å². The van der Waals surface area contributed by atoms with Gasteiger partial charge in [-0.2, -0.15) is 0 Å². The summed E-state index contributed by atoms with van der Waals surface area (Å²) in [6, 6.07) is 1.78. The topological polar surface area (TPSA) is 94.0 Å². The van der Waals surface area contributed by atoms with Crippen LogP contribution >= 0.6 is 11.8 Å². The van der Waals surface area contributed by atoms with Crippen molar-refractivity contribution in [2.45, 2.75) is 23.5 Å². The van der Waals surface area contributed by atoms with Crippen LogP contribution in [0.25, 0.3) is 0 Å². The molecular weight excluding hydrogens is 212 g/mol. The number of carbonyl (C=O) groups is 1. The molecule has 82 valence electrons.